The van der Waals surface area contributed by atoms with Crippen molar-refractivity contribution in [1.82, 2.24) is 24.6 Å². The molecule has 1 fully saturated rings. The summed E-state index contributed by atoms with van der Waals surface area (Å²) in [6.45, 7) is 8.56. The number of amides is 1. The Morgan fingerprint density at radius 3 is 2.90 bits per heavy atom. The van der Waals surface area contributed by atoms with Gasteiger partial charge in [-0.25, -0.2) is 4.98 Å². The molecule has 0 N–H and O–H groups in total. The van der Waals surface area contributed by atoms with Gasteiger partial charge in [0.2, 0.25) is 0 Å². The Morgan fingerprint density at radius 1 is 1.10 bits per heavy atom. The van der Waals surface area contributed by atoms with Crippen molar-refractivity contribution in [3.8, 4) is 0 Å². The topological polar surface area (TPSA) is 63.5 Å². The predicted octanol–water partition coefficient (Wildman–Crippen LogP) is 2.87. The molecule has 0 spiro atoms. The van der Waals surface area contributed by atoms with E-state index in [-0.39, 0.29) is 5.91 Å². The zero-order chi connectivity index (χ0) is 21.2. The molecule has 4 heterocycles. The van der Waals surface area contributed by atoms with Crippen LogP contribution in [0.3, 0.4) is 0 Å². The van der Waals surface area contributed by atoms with Crippen LogP contribution in [-0.4, -0.2) is 63.3 Å². The molecule has 7 nitrogen and oxygen atoms in total. The van der Waals surface area contributed by atoms with E-state index in [0.29, 0.717) is 18.8 Å². The summed E-state index contributed by atoms with van der Waals surface area (Å²) < 4.78 is 7.84. The fourth-order valence-corrected chi connectivity index (χ4v) is 4.66. The van der Waals surface area contributed by atoms with Crippen molar-refractivity contribution in [2.24, 2.45) is 0 Å². The van der Waals surface area contributed by atoms with Gasteiger partial charge in [0.1, 0.15) is 5.69 Å². The number of carbonyl (C=O) groups is 1. The van der Waals surface area contributed by atoms with Crippen LogP contribution >= 0.6 is 0 Å². The van der Waals surface area contributed by atoms with Gasteiger partial charge in [0.25, 0.3) is 5.91 Å². The highest BCUT2D eigenvalue weighted by molar-refractivity contribution is 5.94. The molecule has 1 saturated heterocycles. The number of ether oxygens (including phenoxy) is 1. The lowest BCUT2D eigenvalue weighted by atomic mass is 10.1. The van der Waals surface area contributed by atoms with E-state index in [1.165, 1.54) is 11.3 Å². The van der Waals surface area contributed by atoms with Crippen molar-refractivity contribution in [2.45, 2.75) is 39.5 Å². The number of aryl methyl sites for hydroxylation is 1. The summed E-state index contributed by atoms with van der Waals surface area (Å²) >= 11 is 0. The number of fused-ring (bicyclic) bond motifs is 2. The molecule has 0 saturated carbocycles. The molecule has 0 aliphatic carbocycles. The molecule has 0 radical (unpaired) electrons. The van der Waals surface area contributed by atoms with Gasteiger partial charge >= 0.3 is 0 Å². The second-order valence-corrected chi connectivity index (χ2v) is 8.30. The highest BCUT2D eigenvalue weighted by Crippen LogP contribution is 2.23. The minimum Gasteiger partial charge on any atom is -0.376 e. The lowest BCUT2D eigenvalue weighted by Crippen LogP contribution is -2.35. The van der Waals surface area contributed by atoms with Crippen molar-refractivity contribution < 1.29 is 9.53 Å². The number of carbonyl (C=O) groups excluding carboxylic acids is 1. The van der Waals surface area contributed by atoms with E-state index in [9.17, 15) is 4.79 Å². The first-order valence-electron chi connectivity index (χ1n) is 11.3. The van der Waals surface area contributed by atoms with E-state index in [2.05, 4.69) is 21.5 Å². The second-order valence-electron chi connectivity index (χ2n) is 8.30. The van der Waals surface area contributed by atoms with Gasteiger partial charge in [-0.3, -0.25) is 14.4 Å². The number of aromatic nitrogens is 3. The lowest BCUT2D eigenvalue weighted by Gasteiger charge is -2.22. The Labute approximate surface area is 182 Å². The van der Waals surface area contributed by atoms with Gasteiger partial charge in [0.05, 0.1) is 24.4 Å². The summed E-state index contributed by atoms with van der Waals surface area (Å²) in [7, 11) is 0. The number of pyridine rings is 1. The third-order valence-electron chi connectivity index (χ3n) is 6.35. The van der Waals surface area contributed by atoms with Crippen molar-refractivity contribution in [1.29, 1.82) is 0 Å². The van der Waals surface area contributed by atoms with E-state index in [4.69, 9.17) is 9.84 Å². The van der Waals surface area contributed by atoms with Gasteiger partial charge in [-0.15, -0.1) is 0 Å². The molecule has 1 aromatic carbocycles. The first-order valence-corrected chi connectivity index (χ1v) is 11.3. The normalized spacial score (nSPS) is 17.5. The zero-order valence-electron chi connectivity index (χ0n) is 18.1. The smallest absolute Gasteiger partial charge is 0.272 e. The van der Waals surface area contributed by atoms with E-state index >= 15 is 0 Å². The van der Waals surface area contributed by atoms with E-state index in [1.54, 1.807) is 0 Å². The maximum Gasteiger partial charge on any atom is 0.272 e. The van der Waals surface area contributed by atoms with Crippen LogP contribution in [-0.2, 0) is 30.9 Å². The number of rotatable bonds is 4. The van der Waals surface area contributed by atoms with Gasteiger partial charge in [-0.2, -0.15) is 5.10 Å². The number of hydrogen-bond acceptors (Lipinski definition) is 5. The SMILES string of the molecule is CCn1nc(CN2CCCN(C(=O)c3ccc4ccccc4n3)CC2)c2c1CCOC2. The number of para-hydroxylation sites is 1. The third-order valence-corrected chi connectivity index (χ3v) is 6.35. The molecular weight excluding hydrogens is 390 g/mol. The maximum atomic E-state index is 13.1. The van der Waals surface area contributed by atoms with Crippen molar-refractivity contribution >= 4 is 16.8 Å². The molecule has 2 aliphatic heterocycles. The zero-order valence-corrected chi connectivity index (χ0v) is 18.1. The van der Waals surface area contributed by atoms with Crippen LogP contribution < -0.4 is 0 Å². The molecule has 1 amide bonds. The van der Waals surface area contributed by atoms with E-state index in [1.807, 2.05) is 41.3 Å². The van der Waals surface area contributed by atoms with Crippen LogP contribution in [0.2, 0.25) is 0 Å². The van der Waals surface area contributed by atoms with Crippen molar-refractivity contribution in [2.75, 3.05) is 32.8 Å². The van der Waals surface area contributed by atoms with E-state index in [0.717, 1.165) is 68.8 Å². The first kappa shape index (κ1) is 20.2. The third kappa shape index (κ3) is 4.07. The second kappa shape index (κ2) is 8.77. The van der Waals surface area contributed by atoms with Gasteiger partial charge < -0.3 is 9.64 Å². The standard InChI is InChI=1S/C24H29N5O2/c1-2-29-23-10-15-31-17-19(23)22(26-29)16-27-11-5-12-28(14-13-27)24(30)21-9-8-18-6-3-4-7-20(18)25-21/h3-4,6-9H,2,5,10-17H2,1H3. The maximum absolute atomic E-state index is 13.1. The fraction of sp³-hybridized carbons (Fsp3) is 0.458. The van der Waals surface area contributed by atoms with Gasteiger partial charge in [-0.1, -0.05) is 24.3 Å². The van der Waals surface area contributed by atoms with E-state index < -0.39 is 0 Å². The molecule has 7 heteroatoms. The molecule has 2 aromatic heterocycles. The summed E-state index contributed by atoms with van der Waals surface area (Å²) in [5.41, 5.74) is 5.12. The van der Waals surface area contributed by atoms with Gasteiger partial charge in [0, 0.05) is 62.3 Å². The number of hydrogen-bond donors (Lipinski definition) is 0. The summed E-state index contributed by atoms with van der Waals surface area (Å²) in [6.07, 6.45) is 1.89. The largest absolute Gasteiger partial charge is 0.376 e. The molecule has 162 valence electrons. The van der Waals surface area contributed by atoms with Crippen LogP contribution in [0.5, 0.6) is 0 Å². The van der Waals surface area contributed by atoms with Crippen molar-refractivity contribution in [3.05, 3.63) is 59.0 Å². The Morgan fingerprint density at radius 2 is 2.00 bits per heavy atom. The van der Waals surface area contributed by atoms with Crippen LogP contribution in [0.25, 0.3) is 10.9 Å². The minimum absolute atomic E-state index is 0.0219. The number of nitrogens with zero attached hydrogens (tertiary/aromatic N) is 5. The summed E-state index contributed by atoms with van der Waals surface area (Å²) in [5.74, 6) is 0.0219. The predicted molar refractivity (Wildman–Crippen MR) is 119 cm³/mol. The molecule has 0 atom stereocenters. The molecule has 31 heavy (non-hydrogen) atoms. The fourth-order valence-electron chi connectivity index (χ4n) is 4.66. The van der Waals surface area contributed by atoms with Gasteiger partial charge in [-0.05, 0) is 25.5 Å². The van der Waals surface area contributed by atoms with Crippen LogP contribution in [0.15, 0.2) is 36.4 Å². The van der Waals surface area contributed by atoms with Crippen LogP contribution in [0.1, 0.15) is 40.8 Å². The highest BCUT2D eigenvalue weighted by Gasteiger charge is 2.25. The average Bonchev–Trinajstić information content (AvgIpc) is 3.00. The molecule has 0 bridgehead atoms. The number of benzene rings is 1. The first-order chi connectivity index (χ1) is 15.2. The summed E-state index contributed by atoms with van der Waals surface area (Å²) in [5, 5.41) is 5.93. The minimum atomic E-state index is 0.0219. The Bertz CT molecular complexity index is 1090. The lowest BCUT2D eigenvalue weighted by molar-refractivity contribution is 0.0755. The quantitative estimate of drug-likeness (QED) is 0.651. The Hall–Kier alpha value is -2.77. The Kier molecular flexibility index (Phi) is 5.70. The highest BCUT2D eigenvalue weighted by atomic mass is 16.5. The summed E-state index contributed by atoms with van der Waals surface area (Å²) in [6, 6.07) is 11.7. The van der Waals surface area contributed by atoms with Crippen LogP contribution in [0.4, 0.5) is 0 Å². The van der Waals surface area contributed by atoms with Crippen molar-refractivity contribution in [3.63, 3.8) is 0 Å². The molecule has 5 rings (SSSR count). The Balaban J connectivity index is 1.27. The van der Waals surface area contributed by atoms with Crippen LogP contribution in [0, 0.1) is 0 Å². The molecule has 0 unspecified atom stereocenters. The average molecular weight is 420 g/mol. The molecular formula is C24H29N5O2. The van der Waals surface area contributed by atoms with Gasteiger partial charge in [0.15, 0.2) is 0 Å². The monoisotopic (exact) mass is 419 g/mol. The molecule has 3 aromatic rings. The summed E-state index contributed by atoms with van der Waals surface area (Å²) in [4.78, 5) is 22.1. The molecule has 2 aliphatic rings.